The highest BCUT2D eigenvalue weighted by Crippen LogP contribution is 2.28. The van der Waals surface area contributed by atoms with Crippen LogP contribution in [0.5, 0.6) is 0 Å². The zero-order valence-electron chi connectivity index (χ0n) is 11.2. The molecule has 2 aliphatic rings. The Balaban J connectivity index is 1.67. The molecule has 2 aliphatic heterocycles. The van der Waals surface area contributed by atoms with E-state index in [4.69, 9.17) is 4.74 Å². The van der Waals surface area contributed by atoms with Crippen molar-refractivity contribution in [1.29, 1.82) is 0 Å². The Morgan fingerprint density at radius 2 is 1.95 bits per heavy atom. The Bertz CT molecular complexity index is 420. The fourth-order valence-corrected chi connectivity index (χ4v) is 3.61. The Morgan fingerprint density at radius 3 is 2.74 bits per heavy atom. The molecule has 0 amide bonds. The molecule has 1 unspecified atom stereocenters. The Kier molecular flexibility index (Phi) is 4.41. The van der Waals surface area contributed by atoms with Crippen LogP contribution in [0, 0.1) is 0 Å². The molecule has 4 heteroatoms. The van der Waals surface area contributed by atoms with E-state index in [0.717, 1.165) is 38.2 Å². The molecule has 1 aromatic carbocycles. The molecule has 0 bridgehead atoms. The average molecular weight is 325 g/mol. The minimum Gasteiger partial charge on any atom is -0.379 e. The van der Waals surface area contributed by atoms with Crippen LogP contribution in [0.25, 0.3) is 0 Å². The van der Waals surface area contributed by atoms with Gasteiger partial charge in [-0.3, -0.25) is 4.90 Å². The third kappa shape index (κ3) is 2.96. The molecule has 2 saturated heterocycles. The van der Waals surface area contributed by atoms with Gasteiger partial charge >= 0.3 is 0 Å². The van der Waals surface area contributed by atoms with E-state index in [-0.39, 0.29) is 0 Å². The number of morpholine rings is 1. The Hall–Kier alpha value is -0.580. The monoisotopic (exact) mass is 324 g/mol. The van der Waals surface area contributed by atoms with Crippen molar-refractivity contribution in [2.24, 2.45) is 0 Å². The van der Waals surface area contributed by atoms with Crippen molar-refractivity contribution < 1.29 is 4.74 Å². The second-order valence-corrected chi connectivity index (χ2v) is 5.86. The van der Waals surface area contributed by atoms with Crippen molar-refractivity contribution in [2.45, 2.75) is 17.8 Å². The van der Waals surface area contributed by atoms with E-state index in [0.29, 0.717) is 6.04 Å². The van der Waals surface area contributed by atoms with Gasteiger partial charge in [0.15, 0.2) is 0 Å². The standard InChI is InChI=1S/C15H21BrN2O/c16-11-13-3-1-2-4-15(13)18-6-5-14(12-18)17-7-9-19-10-8-17/h1-4,14H,5-12H2. The molecule has 104 valence electrons. The van der Waals surface area contributed by atoms with Gasteiger partial charge in [-0.05, 0) is 18.1 Å². The number of nitrogens with zero attached hydrogens (tertiary/aromatic N) is 2. The van der Waals surface area contributed by atoms with Gasteiger partial charge in [-0.25, -0.2) is 0 Å². The molecule has 0 aliphatic carbocycles. The Morgan fingerprint density at radius 1 is 1.16 bits per heavy atom. The lowest BCUT2D eigenvalue weighted by molar-refractivity contribution is 0.0209. The van der Waals surface area contributed by atoms with Crippen molar-refractivity contribution >= 4 is 21.6 Å². The molecular weight excluding hydrogens is 304 g/mol. The number of ether oxygens (including phenoxy) is 1. The number of para-hydroxylation sites is 1. The van der Waals surface area contributed by atoms with Crippen molar-refractivity contribution in [3.63, 3.8) is 0 Å². The molecule has 0 radical (unpaired) electrons. The molecule has 0 spiro atoms. The predicted octanol–water partition coefficient (Wildman–Crippen LogP) is 2.49. The highest BCUT2D eigenvalue weighted by atomic mass is 79.9. The fraction of sp³-hybridized carbons (Fsp3) is 0.600. The number of hydrogen-bond donors (Lipinski definition) is 0. The summed E-state index contributed by atoms with van der Waals surface area (Å²) in [5, 5.41) is 0.932. The van der Waals surface area contributed by atoms with E-state index in [1.54, 1.807) is 0 Å². The summed E-state index contributed by atoms with van der Waals surface area (Å²) in [7, 11) is 0. The molecule has 0 N–H and O–H groups in total. The molecule has 19 heavy (non-hydrogen) atoms. The van der Waals surface area contributed by atoms with Gasteiger partial charge in [0.25, 0.3) is 0 Å². The van der Waals surface area contributed by atoms with Crippen LogP contribution in [0.15, 0.2) is 24.3 Å². The minimum absolute atomic E-state index is 0.701. The maximum atomic E-state index is 5.45. The van der Waals surface area contributed by atoms with Crippen LogP contribution in [-0.4, -0.2) is 50.3 Å². The summed E-state index contributed by atoms with van der Waals surface area (Å²) in [6, 6.07) is 9.43. The van der Waals surface area contributed by atoms with Gasteiger partial charge in [-0.15, -0.1) is 0 Å². The van der Waals surface area contributed by atoms with Crippen molar-refractivity contribution in [1.82, 2.24) is 4.90 Å². The number of anilines is 1. The van der Waals surface area contributed by atoms with E-state index >= 15 is 0 Å². The average Bonchev–Trinajstić information content (AvgIpc) is 2.98. The molecule has 1 aromatic rings. The molecule has 2 heterocycles. The van der Waals surface area contributed by atoms with Crippen LogP contribution in [0.3, 0.4) is 0 Å². The smallest absolute Gasteiger partial charge is 0.0594 e. The van der Waals surface area contributed by atoms with Gasteiger partial charge in [0.1, 0.15) is 0 Å². The van der Waals surface area contributed by atoms with Crippen LogP contribution in [0.2, 0.25) is 0 Å². The summed E-state index contributed by atoms with van der Waals surface area (Å²) in [4.78, 5) is 5.14. The van der Waals surface area contributed by atoms with Gasteiger partial charge in [0.05, 0.1) is 13.2 Å². The number of benzene rings is 1. The summed E-state index contributed by atoms with van der Waals surface area (Å²) in [6.07, 6.45) is 1.27. The van der Waals surface area contributed by atoms with Crippen molar-refractivity contribution in [3.8, 4) is 0 Å². The highest BCUT2D eigenvalue weighted by molar-refractivity contribution is 9.08. The number of rotatable bonds is 3. The van der Waals surface area contributed by atoms with Gasteiger partial charge in [0.2, 0.25) is 0 Å². The lowest BCUT2D eigenvalue weighted by atomic mass is 10.2. The van der Waals surface area contributed by atoms with Crippen LogP contribution in [0.4, 0.5) is 5.69 Å². The summed E-state index contributed by atoms with van der Waals surface area (Å²) in [6.45, 7) is 6.32. The van der Waals surface area contributed by atoms with Crippen molar-refractivity contribution in [2.75, 3.05) is 44.3 Å². The SMILES string of the molecule is BrCc1ccccc1N1CCC(N2CCOCC2)C1. The fourth-order valence-electron chi connectivity index (χ4n) is 3.13. The highest BCUT2D eigenvalue weighted by Gasteiger charge is 2.29. The van der Waals surface area contributed by atoms with E-state index in [1.165, 1.54) is 24.2 Å². The number of hydrogen-bond acceptors (Lipinski definition) is 3. The predicted molar refractivity (Wildman–Crippen MR) is 82.1 cm³/mol. The maximum Gasteiger partial charge on any atom is 0.0594 e. The molecule has 3 nitrogen and oxygen atoms in total. The molecule has 2 fully saturated rings. The first-order valence-electron chi connectivity index (χ1n) is 7.09. The third-order valence-corrected chi connectivity index (χ3v) is 4.81. The number of halogens is 1. The van der Waals surface area contributed by atoms with Crippen molar-refractivity contribution in [3.05, 3.63) is 29.8 Å². The van der Waals surface area contributed by atoms with Crippen LogP contribution >= 0.6 is 15.9 Å². The zero-order valence-corrected chi connectivity index (χ0v) is 12.8. The summed E-state index contributed by atoms with van der Waals surface area (Å²) in [5.41, 5.74) is 2.79. The lowest BCUT2D eigenvalue weighted by Crippen LogP contribution is -2.44. The molecule has 0 saturated carbocycles. The maximum absolute atomic E-state index is 5.45. The minimum atomic E-state index is 0.701. The topological polar surface area (TPSA) is 15.7 Å². The third-order valence-electron chi connectivity index (χ3n) is 4.20. The zero-order chi connectivity index (χ0) is 13.1. The van der Waals surface area contributed by atoms with Gasteiger partial charge in [-0.2, -0.15) is 0 Å². The second kappa shape index (κ2) is 6.25. The van der Waals surface area contributed by atoms with Gasteiger partial charge in [0, 0.05) is 43.2 Å². The molecular formula is C15H21BrN2O. The van der Waals surface area contributed by atoms with Crippen LogP contribution in [0.1, 0.15) is 12.0 Å². The van der Waals surface area contributed by atoms with E-state index < -0.39 is 0 Å². The van der Waals surface area contributed by atoms with E-state index in [9.17, 15) is 0 Å². The Labute approximate surface area is 123 Å². The van der Waals surface area contributed by atoms with E-state index in [1.807, 2.05) is 0 Å². The molecule has 1 atom stereocenters. The van der Waals surface area contributed by atoms with E-state index in [2.05, 4.69) is 50.0 Å². The summed E-state index contributed by atoms with van der Waals surface area (Å²) >= 11 is 3.59. The molecule has 3 rings (SSSR count). The molecule has 0 aromatic heterocycles. The first-order valence-corrected chi connectivity index (χ1v) is 8.21. The van der Waals surface area contributed by atoms with Gasteiger partial charge < -0.3 is 9.64 Å². The normalized spacial score (nSPS) is 24.9. The largest absolute Gasteiger partial charge is 0.379 e. The lowest BCUT2D eigenvalue weighted by Gasteiger charge is -2.32. The van der Waals surface area contributed by atoms with Crippen LogP contribution < -0.4 is 4.90 Å². The summed E-state index contributed by atoms with van der Waals surface area (Å²) in [5.74, 6) is 0. The summed E-state index contributed by atoms with van der Waals surface area (Å²) < 4.78 is 5.45. The first-order chi connectivity index (χ1) is 9.38. The van der Waals surface area contributed by atoms with Gasteiger partial charge in [-0.1, -0.05) is 34.1 Å². The number of alkyl halides is 1. The quantitative estimate of drug-likeness (QED) is 0.794. The second-order valence-electron chi connectivity index (χ2n) is 5.30. The van der Waals surface area contributed by atoms with Crippen LogP contribution in [-0.2, 0) is 10.1 Å². The first kappa shape index (κ1) is 13.4.